The second-order valence-corrected chi connectivity index (χ2v) is 8.92. The molecule has 0 amide bonds. The Bertz CT molecular complexity index is 1170. The lowest BCUT2D eigenvalue weighted by Crippen LogP contribution is -2.47. The van der Waals surface area contributed by atoms with Crippen LogP contribution < -0.4 is 11.1 Å². The molecule has 0 saturated carbocycles. The summed E-state index contributed by atoms with van der Waals surface area (Å²) in [5.74, 6) is 1.66. The van der Waals surface area contributed by atoms with E-state index in [1.807, 2.05) is 36.0 Å². The molecule has 1 saturated heterocycles. The van der Waals surface area contributed by atoms with Crippen molar-refractivity contribution < 1.29 is 0 Å². The van der Waals surface area contributed by atoms with Gasteiger partial charge in [0.1, 0.15) is 5.82 Å². The van der Waals surface area contributed by atoms with Crippen molar-refractivity contribution in [1.29, 1.82) is 0 Å². The summed E-state index contributed by atoms with van der Waals surface area (Å²) in [6.07, 6.45) is 6.34. The van der Waals surface area contributed by atoms with Gasteiger partial charge in [0.25, 0.3) is 11.1 Å². The fraction of sp³-hybridized carbons (Fsp3) is 0.435. The molecule has 0 aromatic carbocycles. The average molecular weight is 421 g/mol. The number of aromatic nitrogens is 4. The SMILES string of the molecule is CN(Cc1ncc[nH]1)Cc1ccc2n(c1=O)C[C@H]1C[C@@H]2CN(Cc2ccc[nH]c2=O)C1. The average Bonchev–Trinajstić information content (AvgIpc) is 3.25. The minimum Gasteiger partial charge on any atom is -0.348 e. The van der Waals surface area contributed by atoms with E-state index in [4.69, 9.17) is 0 Å². The van der Waals surface area contributed by atoms with Crippen molar-refractivity contribution in [2.45, 2.75) is 38.5 Å². The molecule has 2 bridgehead atoms. The molecule has 31 heavy (non-hydrogen) atoms. The summed E-state index contributed by atoms with van der Waals surface area (Å²) in [5, 5.41) is 0. The number of piperidine rings is 1. The number of rotatable bonds is 6. The molecule has 0 radical (unpaired) electrons. The molecule has 8 nitrogen and oxygen atoms in total. The van der Waals surface area contributed by atoms with Crippen molar-refractivity contribution in [2.75, 3.05) is 20.1 Å². The van der Waals surface area contributed by atoms with Gasteiger partial charge < -0.3 is 14.5 Å². The molecule has 162 valence electrons. The van der Waals surface area contributed by atoms with Crippen LogP contribution in [-0.2, 0) is 26.2 Å². The summed E-state index contributed by atoms with van der Waals surface area (Å²) in [5.41, 5.74) is 2.87. The van der Waals surface area contributed by atoms with Crippen molar-refractivity contribution >= 4 is 0 Å². The zero-order valence-corrected chi connectivity index (χ0v) is 17.8. The summed E-state index contributed by atoms with van der Waals surface area (Å²) in [6.45, 7) is 4.47. The number of imidazole rings is 1. The van der Waals surface area contributed by atoms with E-state index >= 15 is 0 Å². The van der Waals surface area contributed by atoms with Crippen LogP contribution in [0.1, 0.15) is 35.0 Å². The molecule has 8 heteroatoms. The Hall–Kier alpha value is -2.97. The number of hydrogen-bond acceptors (Lipinski definition) is 5. The van der Waals surface area contributed by atoms with Gasteiger partial charge in [0, 0.05) is 74.1 Å². The predicted molar refractivity (Wildman–Crippen MR) is 118 cm³/mol. The molecule has 0 aliphatic carbocycles. The normalized spacial score (nSPS) is 20.7. The topological polar surface area (TPSA) is 90.0 Å². The van der Waals surface area contributed by atoms with Crippen LogP contribution in [0.15, 0.2) is 52.4 Å². The molecule has 2 N–H and O–H groups in total. The van der Waals surface area contributed by atoms with Gasteiger partial charge in [-0.15, -0.1) is 0 Å². The molecule has 1 fully saturated rings. The number of likely N-dealkylation sites (tertiary alicyclic amines) is 1. The van der Waals surface area contributed by atoms with E-state index < -0.39 is 0 Å². The number of nitrogens with one attached hydrogen (secondary N) is 2. The maximum atomic E-state index is 13.3. The Balaban J connectivity index is 1.32. The van der Waals surface area contributed by atoms with E-state index in [-0.39, 0.29) is 11.1 Å². The number of H-pyrrole nitrogens is 2. The molecule has 2 atom stereocenters. The zero-order chi connectivity index (χ0) is 21.4. The Labute approximate surface area is 180 Å². The van der Waals surface area contributed by atoms with E-state index in [1.165, 1.54) is 0 Å². The lowest BCUT2D eigenvalue weighted by molar-refractivity contribution is 0.113. The fourth-order valence-corrected chi connectivity index (χ4v) is 5.15. The van der Waals surface area contributed by atoms with Crippen molar-refractivity contribution in [3.8, 4) is 0 Å². The van der Waals surface area contributed by atoms with Crippen LogP contribution in [0, 0.1) is 5.92 Å². The molecule has 3 aromatic heterocycles. The maximum Gasteiger partial charge on any atom is 0.255 e. The van der Waals surface area contributed by atoms with Crippen LogP contribution in [0.25, 0.3) is 0 Å². The summed E-state index contributed by atoms with van der Waals surface area (Å²) in [6, 6.07) is 7.90. The molecule has 0 spiro atoms. The number of hydrogen-bond donors (Lipinski definition) is 2. The minimum atomic E-state index is -0.0156. The Kier molecular flexibility index (Phi) is 5.33. The van der Waals surface area contributed by atoms with Crippen molar-refractivity contribution in [2.24, 2.45) is 5.92 Å². The Morgan fingerprint density at radius 1 is 1.06 bits per heavy atom. The first kappa shape index (κ1) is 20.0. The van der Waals surface area contributed by atoms with Gasteiger partial charge in [0.2, 0.25) is 0 Å². The summed E-state index contributed by atoms with van der Waals surface area (Å²) < 4.78 is 2.00. The Morgan fingerprint density at radius 3 is 2.77 bits per heavy atom. The quantitative estimate of drug-likeness (QED) is 0.631. The van der Waals surface area contributed by atoms with E-state index in [2.05, 4.69) is 30.8 Å². The predicted octanol–water partition coefficient (Wildman–Crippen LogP) is 1.51. The summed E-state index contributed by atoms with van der Waals surface area (Å²) in [4.78, 5) is 39.9. The summed E-state index contributed by atoms with van der Waals surface area (Å²) in [7, 11) is 2.00. The van der Waals surface area contributed by atoms with Crippen LogP contribution in [-0.4, -0.2) is 49.5 Å². The lowest BCUT2D eigenvalue weighted by Gasteiger charge is -2.43. The van der Waals surface area contributed by atoms with Crippen LogP contribution in [0.2, 0.25) is 0 Å². The third kappa shape index (κ3) is 4.13. The van der Waals surface area contributed by atoms with E-state index in [0.29, 0.717) is 31.5 Å². The van der Waals surface area contributed by atoms with Gasteiger partial charge in [-0.1, -0.05) is 12.1 Å². The molecule has 0 unspecified atom stereocenters. The maximum absolute atomic E-state index is 13.3. The smallest absolute Gasteiger partial charge is 0.255 e. The van der Waals surface area contributed by atoms with Gasteiger partial charge in [0.15, 0.2) is 0 Å². The molecule has 5 rings (SSSR count). The van der Waals surface area contributed by atoms with Crippen LogP contribution in [0.4, 0.5) is 0 Å². The zero-order valence-electron chi connectivity index (χ0n) is 17.8. The van der Waals surface area contributed by atoms with Crippen molar-refractivity contribution in [1.82, 2.24) is 29.3 Å². The molecule has 2 aliphatic heterocycles. The summed E-state index contributed by atoms with van der Waals surface area (Å²) >= 11 is 0. The third-order valence-electron chi connectivity index (χ3n) is 6.47. The molecule has 5 heterocycles. The standard InChI is InChI=1S/C23H28N6O2/c1-27(15-21-24-7-8-25-21)12-18-4-5-20-19-9-16(11-29(20)23(18)31)10-28(14-19)13-17-3-2-6-26-22(17)30/h2-8,16,19H,9-15H2,1H3,(H,24,25)(H,26,30)/t16-,19+/m0/s1. The Morgan fingerprint density at radius 2 is 1.97 bits per heavy atom. The van der Waals surface area contributed by atoms with Crippen LogP contribution in [0.3, 0.4) is 0 Å². The highest BCUT2D eigenvalue weighted by Gasteiger charge is 2.35. The van der Waals surface area contributed by atoms with E-state index in [1.54, 1.807) is 12.4 Å². The highest BCUT2D eigenvalue weighted by Crippen LogP contribution is 2.35. The molecular formula is C23H28N6O2. The number of nitrogens with zero attached hydrogens (tertiary/aromatic N) is 4. The highest BCUT2D eigenvalue weighted by atomic mass is 16.1. The highest BCUT2D eigenvalue weighted by molar-refractivity contribution is 5.23. The number of aromatic amines is 2. The van der Waals surface area contributed by atoms with Gasteiger partial charge in [-0.2, -0.15) is 0 Å². The largest absolute Gasteiger partial charge is 0.348 e. The van der Waals surface area contributed by atoms with Gasteiger partial charge >= 0.3 is 0 Å². The monoisotopic (exact) mass is 420 g/mol. The lowest BCUT2D eigenvalue weighted by atomic mass is 9.83. The fourth-order valence-electron chi connectivity index (χ4n) is 5.15. The second-order valence-electron chi connectivity index (χ2n) is 8.92. The van der Waals surface area contributed by atoms with E-state index in [0.717, 1.165) is 48.7 Å². The second kappa shape index (κ2) is 8.28. The van der Waals surface area contributed by atoms with Crippen molar-refractivity contribution in [3.05, 3.63) is 86.2 Å². The van der Waals surface area contributed by atoms with Gasteiger partial charge in [-0.25, -0.2) is 4.98 Å². The molecule has 3 aromatic rings. The van der Waals surface area contributed by atoms with Crippen LogP contribution >= 0.6 is 0 Å². The first-order valence-corrected chi connectivity index (χ1v) is 10.8. The minimum absolute atomic E-state index is 0.0156. The van der Waals surface area contributed by atoms with Crippen molar-refractivity contribution in [3.63, 3.8) is 0 Å². The number of pyridine rings is 2. The van der Waals surface area contributed by atoms with E-state index in [9.17, 15) is 9.59 Å². The third-order valence-corrected chi connectivity index (χ3v) is 6.47. The van der Waals surface area contributed by atoms with Crippen LogP contribution in [0.5, 0.6) is 0 Å². The first-order chi connectivity index (χ1) is 15.1. The van der Waals surface area contributed by atoms with Gasteiger partial charge in [-0.3, -0.25) is 19.4 Å². The molecule has 2 aliphatic rings. The van der Waals surface area contributed by atoms with Gasteiger partial charge in [0.05, 0.1) is 6.54 Å². The number of fused-ring (bicyclic) bond motifs is 4. The van der Waals surface area contributed by atoms with Gasteiger partial charge in [-0.05, 0) is 31.5 Å². The molecular weight excluding hydrogens is 392 g/mol. The first-order valence-electron chi connectivity index (χ1n) is 10.8.